The number of carbonyl (C=O) groups is 1. The standard InChI is InChI=1S/C16H28O2/c1-3-5-9-13-14-10-7-8-11-16(14,15(13)17)18-12-6-4-2/h13-14H,3-12H2,1-2H3. The van der Waals surface area contributed by atoms with Crippen LogP contribution in [0.5, 0.6) is 0 Å². The number of rotatable bonds is 7. The van der Waals surface area contributed by atoms with Crippen LogP contribution in [0.15, 0.2) is 0 Å². The van der Waals surface area contributed by atoms with Gasteiger partial charge < -0.3 is 4.74 Å². The second kappa shape index (κ2) is 6.18. The normalized spacial score (nSPS) is 35.1. The highest BCUT2D eigenvalue weighted by Gasteiger charge is 2.62. The first-order valence-corrected chi connectivity index (χ1v) is 7.94. The third-order valence-electron chi connectivity index (χ3n) is 4.88. The third kappa shape index (κ3) is 2.36. The van der Waals surface area contributed by atoms with E-state index in [0.717, 1.165) is 32.3 Å². The third-order valence-corrected chi connectivity index (χ3v) is 4.88. The van der Waals surface area contributed by atoms with Crippen molar-refractivity contribution in [2.75, 3.05) is 6.61 Å². The predicted molar refractivity (Wildman–Crippen MR) is 73.6 cm³/mol. The molecule has 2 saturated carbocycles. The number of hydrogen-bond acceptors (Lipinski definition) is 2. The molecule has 2 fully saturated rings. The van der Waals surface area contributed by atoms with Crippen molar-refractivity contribution in [1.82, 2.24) is 0 Å². The molecule has 0 bridgehead atoms. The first-order valence-electron chi connectivity index (χ1n) is 7.94. The fourth-order valence-electron chi connectivity index (χ4n) is 3.81. The van der Waals surface area contributed by atoms with Crippen molar-refractivity contribution in [3.05, 3.63) is 0 Å². The molecular weight excluding hydrogens is 224 g/mol. The van der Waals surface area contributed by atoms with Crippen LogP contribution in [-0.4, -0.2) is 18.0 Å². The van der Waals surface area contributed by atoms with Crippen LogP contribution in [0.1, 0.15) is 71.6 Å². The summed E-state index contributed by atoms with van der Waals surface area (Å²) in [6.07, 6.45) is 10.4. The Morgan fingerprint density at radius 2 is 2.00 bits per heavy atom. The van der Waals surface area contributed by atoms with Crippen molar-refractivity contribution < 1.29 is 9.53 Å². The predicted octanol–water partition coefficient (Wildman–Crippen LogP) is 4.12. The molecule has 2 aliphatic carbocycles. The lowest BCUT2D eigenvalue weighted by Gasteiger charge is -2.55. The molecule has 18 heavy (non-hydrogen) atoms. The molecule has 3 atom stereocenters. The summed E-state index contributed by atoms with van der Waals surface area (Å²) >= 11 is 0. The van der Waals surface area contributed by atoms with Crippen molar-refractivity contribution in [3.8, 4) is 0 Å². The van der Waals surface area contributed by atoms with Crippen LogP contribution in [-0.2, 0) is 9.53 Å². The lowest BCUT2D eigenvalue weighted by atomic mass is 9.53. The van der Waals surface area contributed by atoms with E-state index < -0.39 is 0 Å². The highest BCUT2D eigenvalue weighted by atomic mass is 16.5. The average Bonchev–Trinajstić information content (AvgIpc) is 2.40. The Balaban J connectivity index is 1.96. The molecule has 2 aliphatic rings. The number of ether oxygens (including phenoxy) is 1. The van der Waals surface area contributed by atoms with Crippen molar-refractivity contribution >= 4 is 5.78 Å². The van der Waals surface area contributed by atoms with E-state index >= 15 is 0 Å². The van der Waals surface area contributed by atoms with Crippen LogP contribution in [0.3, 0.4) is 0 Å². The second-order valence-electron chi connectivity index (χ2n) is 6.06. The molecule has 2 heteroatoms. The number of Topliss-reactive ketones (excluding diaryl/α,β-unsaturated/α-hetero) is 1. The molecule has 0 aliphatic heterocycles. The lowest BCUT2D eigenvalue weighted by molar-refractivity contribution is -0.200. The molecular formula is C16H28O2. The first-order chi connectivity index (χ1) is 8.76. The summed E-state index contributed by atoms with van der Waals surface area (Å²) in [4.78, 5) is 12.5. The maximum Gasteiger partial charge on any atom is 0.168 e. The second-order valence-corrected chi connectivity index (χ2v) is 6.06. The van der Waals surface area contributed by atoms with Gasteiger partial charge in [-0.2, -0.15) is 0 Å². The average molecular weight is 252 g/mol. The van der Waals surface area contributed by atoms with Crippen molar-refractivity contribution in [1.29, 1.82) is 0 Å². The highest BCUT2D eigenvalue weighted by molar-refractivity contribution is 5.96. The Morgan fingerprint density at radius 3 is 2.72 bits per heavy atom. The summed E-state index contributed by atoms with van der Waals surface area (Å²) in [7, 11) is 0. The van der Waals surface area contributed by atoms with E-state index in [1.165, 1.54) is 32.1 Å². The topological polar surface area (TPSA) is 26.3 Å². The first kappa shape index (κ1) is 14.0. The molecule has 0 spiro atoms. The van der Waals surface area contributed by atoms with Gasteiger partial charge in [-0.3, -0.25) is 4.79 Å². The summed E-state index contributed by atoms with van der Waals surface area (Å²) in [6, 6.07) is 0. The molecule has 0 heterocycles. The Bertz CT molecular complexity index is 287. The minimum absolute atomic E-state index is 0.326. The summed E-state index contributed by atoms with van der Waals surface area (Å²) in [5, 5.41) is 0. The van der Waals surface area contributed by atoms with Gasteiger partial charge in [0.15, 0.2) is 5.78 Å². The summed E-state index contributed by atoms with van der Waals surface area (Å²) in [5.74, 6) is 1.31. The Kier molecular flexibility index (Phi) is 4.83. The number of ketones is 1. The zero-order valence-corrected chi connectivity index (χ0v) is 12.0. The molecule has 104 valence electrons. The minimum Gasteiger partial charge on any atom is -0.367 e. The van der Waals surface area contributed by atoms with Crippen molar-refractivity contribution in [3.63, 3.8) is 0 Å². The van der Waals surface area contributed by atoms with E-state index in [9.17, 15) is 4.79 Å². The zero-order valence-electron chi connectivity index (χ0n) is 12.0. The van der Waals surface area contributed by atoms with Crippen molar-refractivity contribution in [2.24, 2.45) is 11.8 Å². The quantitative estimate of drug-likeness (QED) is 0.637. The molecule has 0 aromatic rings. The largest absolute Gasteiger partial charge is 0.367 e. The molecule has 0 aromatic heterocycles. The number of unbranched alkanes of at least 4 members (excludes halogenated alkanes) is 2. The van der Waals surface area contributed by atoms with Gasteiger partial charge in [-0.25, -0.2) is 0 Å². The maximum absolute atomic E-state index is 12.5. The highest BCUT2D eigenvalue weighted by Crippen LogP contribution is 2.53. The van der Waals surface area contributed by atoms with E-state index in [1.54, 1.807) is 0 Å². The molecule has 3 unspecified atom stereocenters. The molecule has 0 radical (unpaired) electrons. The lowest BCUT2D eigenvalue weighted by Crippen LogP contribution is -2.66. The van der Waals surface area contributed by atoms with E-state index in [4.69, 9.17) is 4.74 Å². The van der Waals surface area contributed by atoms with Gasteiger partial charge in [0, 0.05) is 18.4 Å². The molecule has 0 N–H and O–H groups in total. The van der Waals surface area contributed by atoms with Gasteiger partial charge in [0.1, 0.15) is 5.60 Å². The van der Waals surface area contributed by atoms with Gasteiger partial charge in [-0.05, 0) is 25.7 Å². The van der Waals surface area contributed by atoms with Crippen LogP contribution in [0.2, 0.25) is 0 Å². The minimum atomic E-state index is -0.341. The van der Waals surface area contributed by atoms with Gasteiger partial charge in [0.25, 0.3) is 0 Å². The number of hydrogen-bond donors (Lipinski definition) is 0. The smallest absolute Gasteiger partial charge is 0.168 e. The molecule has 2 rings (SSSR count). The summed E-state index contributed by atoms with van der Waals surface area (Å²) in [5.41, 5.74) is -0.341. The summed E-state index contributed by atoms with van der Waals surface area (Å²) < 4.78 is 6.08. The summed E-state index contributed by atoms with van der Waals surface area (Å²) in [6.45, 7) is 5.15. The van der Waals surface area contributed by atoms with Gasteiger partial charge in [0.2, 0.25) is 0 Å². The number of fused-ring (bicyclic) bond motifs is 1. The van der Waals surface area contributed by atoms with Crippen LogP contribution >= 0.6 is 0 Å². The van der Waals surface area contributed by atoms with E-state index in [-0.39, 0.29) is 5.60 Å². The van der Waals surface area contributed by atoms with Gasteiger partial charge >= 0.3 is 0 Å². The fourth-order valence-corrected chi connectivity index (χ4v) is 3.81. The molecule has 0 saturated heterocycles. The van der Waals surface area contributed by atoms with E-state index in [1.807, 2.05) is 0 Å². The molecule has 0 amide bonds. The van der Waals surface area contributed by atoms with Gasteiger partial charge in [0.05, 0.1) is 0 Å². The van der Waals surface area contributed by atoms with Crippen LogP contribution in [0.4, 0.5) is 0 Å². The number of carbonyl (C=O) groups excluding carboxylic acids is 1. The van der Waals surface area contributed by atoms with Crippen LogP contribution < -0.4 is 0 Å². The maximum atomic E-state index is 12.5. The van der Waals surface area contributed by atoms with Crippen LogP contribution in [0.25, 0.3) is 0 Å². The van der Waals surface area contributed by atoms with E-state index in [0.29, 0.717) is 17.6 Å². The molecule has 0 aromatic carbocycles. The monoisotopic (exact) mass is 252 g/mol. The van der Waals surface area contributed by atoms with Gasteiger partial charge in [-0.15, -0.1) is 0 Å². The van der Waals surface area contributed by atoms with E-state index in [2.05, 4.69) is 13.8 Å². The Labute approximate surface area is 111 Å². The fraction of sp³-hybridized carbons (Fsp3) is 0.938. The van der Waals surface area contributed by atoms with Crippen molar-refractivity contribution in [2.45, 2.75) is 77.2 Å². The van der Waals surface area contributed by atoms with Crippen LogP contribution in [0, 0.1) is 11.8 Å². The van der Waals surface area contributed by atoms with Gasteiger partial charge in [-0.1, -0.05) is 46.0 Å². The Hall–Kier alpha value is -0.370. The Morgan fingerprint density at radius 1 is 1.22 bits per heavy atom. The SMILES string of the molecule is CCCCOC12CCCCC1C(CCCC)C2=O. The zero-order chi connectivity index (χ0) is 13.0. The molecule has 2 nitrogen and oxygen atoms in total.